The van der Waals surface area contributed by atoms with Crippen LogP contribution in [0.1, 0.15) is 27.2 Å². The number of amides is 1. The Kier molecular flexibility index (Phi) is 4.49. The molecule has 0 unspecified atom stereocenters. The Hall–Kier alpha value is -3.55. The molecule has 26 heavy (non-hydrogen) atoms. The molecule has 134 valence electrons. The summed E-state index contributed by atoms with van der Waals surface area (Å²) in [5, 5.41) is 0. The van der Waals surface area contributed by atoms with Gasteiger partial charge in [-0.05, 0) is 36.8 Å². The molecule has 0 saturated heterocycles. The van der Waals surface area contributed by atoms with Gasteiger partial charge in [-0.1, -0.05) is 6.07 Å². The zero-order valence-electron chi connectivity index (χ0n) is 14.1. The van der Waals surface area contributed by atoms with Gasteiger partial charge in [-0.25, -0.2) is 4.79 Å². The molecule has 0 spiro atoms. The maximum absolute atomic E-state index is 12.0. The van der Waals surface area contributed by atoms with Gasteiger partial charge in [0.15, 0.2) is 18.1 Å². The lowest BCUT2D eigenvalue weighted by Crippen LogP contribution is -2.20. The number of carbonyl (C=O) groups excluding carboxylic acids is 2. The molecule has 0 aliphatic carbocycles. The number of aromatic amines is 1. The third kappa shape index (κ3) is 3.30. The molecule has 1 aliphatic rings. The summed E-state index contributed by atoms with van der Waals surface area (Å²) in [5.74, 6) is -0.293. The predicted molar refractivity (Wildman–Crippen MR) is 92.8 cm³/mol. The van der Waals surface area contributed by atoms with E-state index in [0.29, 0.717) is 28.3 Å². The molecular formula is C18H16N2O6. The van der Waals surface area contributed by atoms with Crippen LogP contribution >= 0.6 is 0 Å². The number of ether oxygens (including phenoxy) is 3. The normalized spacial score (nSPS) is 14.1. The van der Waals surface area contributed by atoms with Crippen molar-refractivity contribution in [1.82, 2.24) is 4.98 Å². The number of fused-ring (bicyclic) bond motifs is 1. The van der Waals surface area contributed by atoms with E-state index in [1.807, 2.05) is 0 Å². The van der Waals surface area contributed by atoms with Crippen LogP contribution in [0, 0.1) is 6.92 Å². The SMILES string of the molecule is COc1cc(C=C2OC(=O)c3c2cc(C)[nH]c3=O)ccc1OCC(N)=O. The first-order chi connectivity index (χ1) is 12.4. The van der Waals surface area contributed by atoms with Gasteiger partial charge in [0.25, 0.3) is 11.5 Å². The quantitative estimate of drug-likeness (QED) is 0.777. The maximum Gasteiger partial charge on any atom is 0.349 e. The fraction of sp³-hybridized carbons (Fsp3) is 0.167. The van der Waals surface area contributed by atoms with Crippen molar-refractivity contribution in [2.45, 2.75) is 6.92 Å². The molecule has 2 heterocycles. The van der Waals surface area contributed by atoms with Crippen molar-refractivity contribution in [3.63, 3.8) is 0 Å². The van der Waals surface area contributed by atoms with Crippen LogP contribution in [0.3, 0.4) is 0 Å². The van der Waals surface area contributed by atoms with E-state index >= 15 is 0 Å². The molecule has 8 nitrogen and oxygen atoms in total. The molecule has 0 atom stereocenters. The highest BCUT2D eigenvalue weighted by molar-refractivity contribution is 6.05. The zero-order chi connectivity index (χ0) is 18.8. The molecule has 0 saturated carbocycles. The van der Waals surface area contributed by atoms with Gasteiger partial charge in [0.05, 0.1) is 7.11 Å². The molecule has 0 fully saturated rings. The van der Waals surface area contributed by atoms with E-state index in [-0.39, 0.29) is 17.9 Å². The molecule has 2 aromatic rings. The van der Waals surface area contributed by atoms with Gasteiger partial charge >= 0.3 is 5.97 Å². The Morgan fingerprint density at radius 3 is 2.73 bits per heavy atom. The van der Waals surface area contributed by atoms with Crippen molar-refractivity contribution >= 4 is 23.7 Å². The van der Waals surface area contributed by atoms with E-state index in [4.69, 9.17) is 19.9 Å². The number of pyridine rings is 1. The van der Waals surface area contributed by atoms with Crippen LogP contribution < -0.4 is 20.8 Å². The van der Waals surface area contributed by atoms with Gasteiger partial charge in [0.2, 0.25) is 0 Å². The topological polar surface area (TPSA) is 121 Å². The summed E-state index contributed by atoms with van der Waals surface area (Å²) in [4.78, 5) is 37.3. The second-order valence-corrected chi connectivity index (χ2v) is 5.63. The monoisotopic (exact) mass is 356 g/mol. The Bertz CT molecular complexity index is 990. The number of methoxy groups -OCH3 is 1. The fourth-order valence-corrected chi connectivity index (χ4v) is 2.59. The lowest BCUT2D eigenvalue weighted by molar-refractivity contribution is -0.119. The number of carbonyl (C=O) groups is 2. The molecule has 1 aliphatic heterocycles. The van der Waals surface area contributed by atoms with Crippen LogP contribution in [0.4, 0.5) is 0 Å². The van der Waals surface area contributed by atoms with Gasteiger partial charge in [-0.15, -0.1) is 0 Å². The largest absolute Gasteiger partial charge is 0.493 e. The number of hydrogen-bond acceptors (Lipinski definition) is 6. The van der Waals surface area contributed by atoms with Crippen molar-refractivity contribution in [3.8, 4) is 11.5 Å². The zero-order valence-corrected chi connectivity index (χ0v) is 14.1. The summed E-state index contributed by atoms with van der Waals surface area (Å²) in [6.07, 6.45) is 1.61. The number of nitrogens with two attached hydrogens (primary N) is 1. The molecule has 3 N–H and O–H groups in total. The minimum absolute atomic E-state index is 0.0183. The van der Waals surface area contributed by atoms with Gasteiger partial charge in [-0.2, -0.15) is 0 Å². The third-order valence-corrected chi connectivity index (χ3v) is 3.70. The smallest absolute Gasteiger partial charge is 0.349 e. The average molecular weight is 356 g/mol. The summed E-state index contributed by atoms with van der Waals surface area (Å²) < 4.78 is 15.7. The van der Waals surface area contributed by atoms with Gasteiger partial charge in [-0.3, -0.25) is 9.59 Å². The molecule has 8 heteroatoms. The Morgan fingerprint density at radius 1 is 1.27 bits per heavy atom. The second kappa shape index (κ2) is 6.75. The second-order valence-electron chi connectivity index (χ2n) is 5.63. The number of cyclic esters (lactones) is 1. The highest BCUT2D eigenvalue weighted by atomic mass is 16.5. The summed E-state index contributed by atoms with van der Waals surface area (Å²) in [6.45, 7) is 1.44. The molecule has 0 bridgehead atoms. The van der Waals surface area contributed by atoms with E-state index in [1.54, 1.807) is 37.3 Å². The van der Waals surface area contributed by atoms with Crippen molar-refractivity contribution in [2.24, 2.45) is 5.73 Å². The average Bonchev–Trinajstić information content (AvgIpc) is 2.89. The number of primary amides is 1. The van der Waals surface area contributed by atoms with Crippen molar-refractivity contribution in [3.05, 3.63) is 57.0 Å². The Morgan fingerprint density at radius 2 is 2.04 bits per heavy atom. The van der Waals surface area contributed by atoms with Gasteiger partial charge in [0, 0.05) is 11.3 Å². The number of H-pyrrole nitrogens is 1. The summed E-state index contributed by atoms with van der Waals surface area (Å²) in [5.41, 5.74) is 6.26. The summed E-state index contributed by atoms with van der Waals surface area (Å²) in [7, 11) is 1.46. The van der Waals surface area contributed by atoms with Crippen molar-refractivity contribution < 1.29 is 23.8 Å². The van der Waals surface area contributed by atoms with Crippen LogP contribution in [0.5, 0.6) is 11.5 Å². The van der Waals surface area contributed by atoms with Crippen molar-refractivity contribution in [1.29, 1.82) is 0 Å². The van der Waals surface area contributed by atoms with Gasteiger partial charge < -0.3 is 24.9 Å². The van der Waals surface area contributed by atoms with E-state index < -0.39 is 17.4 Å². The first kappa shape index (κ1) is 17.3. The minimum atomic E-state index is -0.694. The molecule has 1 amide bonds. The lowest BCUT2D eigenvalue weighted by Gasteiger charge is -2.10. The minimum Gasteiger partial charge on any atom is -0.493 e. The number of benzene rings is 1. The molecule has 1 aromatic heterocycles. The standard InChI is InChI=1S/C18H16N2O6/c1-9-5-11-13(26-18(23)16(11)17(22)20-9)6-10-3-4-12(14(7-10)24-2)25-8-15(19)21/h3-7H,8H2,1-2H3,(H2,19,21)(H,20,22). The number of hydrogen-bond donors (Lipinski definition) is 2. The van der Waals surface area contributed by atoms with Crippen LogP contribution in [0.2, 0.25) is 0 Å². The number of esters is 1. The molecule has 1 aromatic carbocycles. The summed E-state index contributed by atoms with van der Waals surface area (Å²) >= 11 is 0. The lowest BCUT2D eigenvalue weighted by atomic mass is 10.1. The van der Waals surface area contributed by atoms with Crippen LogP contribution in [0.25, 0.3) is 11.8 Å². The highest BCUT2D eigenvalue weighted by Crippen LogP contribution is 2.33. The highest BCUT2D eigenvalue weighted by Gasteiger charge is 2.30. The number of rotatable bonds is 5. The molecular weight excluding hydrogens is 340 g/mol. The third-order valence-electron chi connectivity index (χ3n) is 3.70. The van der Waals surface area contributed by atoms with Crippen LogP contribution in [-0.4, -0.2) is 30.6 Å². The Labute approximate surface area is 148 Å². The van der Waals surface area contributed by atoms with E-state index in [2.05, 4.69) is 4.98 Å². The fourth-order valence-electron chi connectivity index (χ4n) is 2.59. The van der Waals surface area contributed by atoms with Crippen LogP contribution in [0.15, 0.2) is 29.1 Å². The first-order valence-corrected chi connectivity index (χ1v) is 7.66. The number of aryl methyl sites for hydroxylation is 1. The van der Waals surface area contributed by atoms with E-state index in [1.165, 1.54) is 7.11 Å². The maximum atomic E-state index is 12.0. The number of aromatic nitrogens is 1. The molecule has 3 rings (SSSR count). The van der Waals surface area contributed by atoms with E-state index in [9.17, 15) is 14.4 Å². The van der Waals surface area contributed by atoms with E-state index in [0.717, 1.165) is 0 Å². The first-order valence-electron chi connectivity index (χ1n) is 7.66. The summed E-state index contributed by atoms with van der Waals surface area (Å²) in [6, 6.07) is 6.62. The number of nitrogens with one attached hydrogen (secondary N) is 1. The van der Waals surface area contributed by atoms with Crippen LogP contribution in [-0.2, 0) is 9.53 Å². The Balaban J connectivity index is 1.98. The van der Waals surface area contributed by atoms with Crippen molar-refractivity contribution in [2.75, 3.05) is 13.7 Å². The predicted octanol–water partition coefficient (Wildman–Crippen LogP) is 1.22. The van der Waals surface area contributed by atoms with Gasteiger partial charge in [0.1, 0.15) is 11.3 Å². The molecule has 0 radical (unpaired) electrons.